The van der Waals surface area contributed by atoms with Crippen molar-refractivity contribution in [1.29, 1.82) is 0 Å². The van der Waals surface area contributed by atoms with Crippen molar-refractivity contribution < 1.29 is 22.7 Å². The third-order valence-electron chi connectivity index (χ3n) is 5.89. The number of nitrogens with zero attached hydrogens (tertiary/aromatic N) is 1. The number of morpholine rings is 1. The Bertz CT molecular complexity index is 1350. The van der Waals surface area contributed by atoms with E-state index in [1.54, 1.807) is 12.1 Å². The summed E-state index contributed by atoms with van der Waals surface area (Å²) in [5.41, 5.74) is 8.41. The summed E-state index contributed by atoms with van der Waals surface area (Å²) in [5, 5.41) is 0. The molecule has 2 N–H and O–H groups in total. The average Bonchev–Trinajstić information content (AvgIpc) is 2.92. The lowest BCUT2D eigenvalue weighted by molar-refractivity contribution is 0.0730. The van der Waals surface area contributed by atoms with Gasteiger partial charge >= 0.3 is 0 Å². The van der Waals surface area contributed by atoms with Gasteiger partial charge in [-0.2, -0.15) is 4.31 Å². The molecule has 0 spiro atoms. The largest absolute Gasteiger partial charge is 0.481 e. The quantitative estimate of drug-likeness (QED) is 0.515. The Labute approximate surface area is 204 Å². The van der Waals surface area contributed by atoms with Gasteiger partial charge in [-0.3, -0.25) is 15.6 Å². The van der Waals surface area contributed by atoms with Crippen LogP contribution in [0.5, 0.6) is 5.75 Å². The number of benzene rings is 3. The van der Waals surface area contributed by atoms with Gasteiger partial charge in [-0.25, -0.2) is 8.42 Å². The van der Waals surface area contributed by atoms with Crippen LogP contribution in [-0.2, 0) is 14.8 Å². The Morgan fingerprint density at radius 1 is 0.914 bits per heavy atom. The lowest BCUT2D eigenvalue weighted by atomic mass is 10.0. The number of ether oxygens (including phenoxy) is 2. The van der Waals surface area contributed by atoms with Gasteiger partial charge in [0, 0.05) is 24.2 Å². The van der Waals surface area contributed by atoms with Gasteiger partial charge in [0.2, 0.25) is 10.0 Å². The van der Waals surface area contributed by atoms with Crippen molar-refractivity contribution in [2.45, 2.75) is 11.0 Å². The summed E-state index contributed by atoms with van der Waals surface area (Å²) >= 11 is 0. The summed E-state index contributed by atoms with van der Waals surface area (Å²) in [6, 6.07) is 23.4. The normalized spacial score (nSPS) is 18.1. The van der Waals surface area contributed by atoms with Crippen LogP contribution in [0.3, 0.4) is 0 Å². The van der Waals surface area contributed by atoms with Crippen LogP contribution < -0.4 is 15.6 Å². The smallest absolute Gasteiger partial charge is 0.269 e. The van der Waals surface area contributed by atoms with Gasteiger partial charge < -0.3 is 9.47 Å². The Kier molecular flexibility index (Phi) is 6.54. The third kappa shape index (κ3) is 4.93. The number of amides is 1. The second-order valence-corrected chi connectivity index (χ2v) is 10.1. The van der Waals surface area contributed by atoms with Gasteiger partial charge in [0.25, 0.3) is 5.91 Å². The predicted octanol–water partition coefficient (Wildman–Crippen LogP) is 3.12. The highest BCUT2D eigenvalue weighted by molar-refractivity contribution is 7.89. The molecule has 1 amide bonds. The molecule has 0 aliphatic carbocycles. The van der Waals surface area contributed by atoms with E-state index in [0.29, 0.717) is 37.7 Å². The molecule has 2 aliphatic heterocycles. The van der Waals surface area contributed by atoms with Gasteiger partial charge in [-0.15, -0.1) is 0 Å². The maximum atomic E-state index is 13.0. The van der Waals surface area contributed by atoms with Gasteiger partial charge in [-0.1, -0.05) is 48.5 Å². The molecule has 9 heteroatoms. The maximum absolute atomic E-state index is 13.0. The fourth-order valence-corrected chi connectivity index (χ4v) is 5.50. The molecule has 1 fully saturated rings. The molecule has 5 rings (SSSR count). The summed E-state index contributed by atoms with van der Waals surface area (Å²) in [7, 11) is -3.71. The number of rotatable bonds is 6. The molecule has 3 aromatic rings. The van der Waals surface area contributed by atoms with Crippen LogP contribution in [0.1, 0.15) is 27.6 Å². The average molecular weight is 492 g/mol. The molecule has 2 aliphatic rings. The molecule has 0 radical (unpaired) electrons. The summed E-state index contributed by atoms with van der Waals surface area (Å²) in [6.07, 6.45) is 1.57. The molecular formula is C26H25N3O5S. The van der Waals surface area contributed by atoms with Crippen LogP contribution in [-0.4, -0.2) is 44.9 Å². The van der Waals surface area contributed by atoms with E-state index in [4.69, 9.17) is 9.47 Å². The predicted molar refractivity (Wildman–Crippen MR) is 131 cm³/mol. The van der Waals surface area contributed by atoms with Crippen LogP contribution in [0.15, 0.2) is 89.8 Å². The fourth-order valence-electron chi connectivity index (χ4n) is 4.05. The van der Waals surface area contributed by atoms with E-state index in [9.17, 15) is 13.2 Å². The van der Waals surface area contributed by atoms with Crippen LogP contribution in [0, 0.1) is 0 Å². The zero-order chi connectivity index (χ0) is 24.3. The first kappa shape index (κ1) is 23.1. The molecule has 8 nitrogen and oxygen atoms in total. The minimum Gasteiger partial charge on any atom is -0.481 e. The number of hydrazine groups is 1. The molecule has 0 unspecified atom stereocenters. The minimum atomic E-state index is -3.71. The highest BCUT2D eigenvalue weighted by atomic mass is 32.2. The van der Waals surface area contributed by atoms with Crippen LogP contribution in [0.2, 0.25) is 0 Å². The van der Waals surface area contributed by atoms with Crippen LogP contribution in [0.4, 0.5) is 0 Å². The number of carbonyl (C=O) groups is 1. The number of hydrogen-bond donors (Lipinski definition) is 2. The summed E-state index contributed by atoms with van der Waals surface area (Å²) < 4.78 is 38.7. The summed E-state index contributed by atoms with van der Waals surface area (Å²) in [4.78, 5) is 13.0. The monoisotopic (exact) mass is 491 g/mol. The lowest BCUT2D eigenvalue weighted by Gasteiger charge is -2.27. The first-order valence-corrected chi connectivity index (χ1v) is 12.7. The summed E-state index contributed by atoms with van der Waals surface area (Å²) in [6.45, 7) is 1.29. The Morgan fingerprint density at radius 3 is 2.46 bits per heavy atom. The van der Waals surface area contributed by atoms with Crippen LogP contribution in [0.25, 0.3) is 5.70 Å². The third-order valence-corrected chi connectivity index (χ3v) is 7.79. The van der Waals surface area contributed by atoms with E-state index >= 15 is 0 Å². The molecule has 180 valence electrons. The first-order chi connectivity index (χ1) is 17.0. The molecule has 3 aromatic carbocycles. The van der Waals surface area contributed by atoms with Crippen LogP contribution >= 0.6 is 0 Å². The van der Waals surface area contributed by atoms with E-state index in [1.807, 2.05) is 60.7 Å². The molecular weight excluding hydrogens is 466 g/mol. The highest BCUT2D eigenvalue weighted by Gasteiger charge is 2.27. The topological polar surface area (TPSA) is 97.0 Å². The summed E-state index contributed by atoms with van der Waals surface area (Å²) in [5.74, 6) is 0.240. The molecule has 1 saturated heterocycles. The number of carbonyl (C=O) groups excluding carboxylic acids is 1. The second-order valence-electron chi connectivity index (χ2n) is 8.15. The minimum absolute atomic E-state index is 0.0758. The molecule has 0 bridgehead atoms. The Morgan fingerprint density at radius 2 is 1.66 bits per heavy atom. The van der Waals surface area contributed by atoms with Crippen molar-refractivity contribution in [2.24, 2.45) is 0 Å². The van der Waals surface area contributed by atoms with E-state index in [2.05, 4.69) is 10.9 Å². The van der Waals surface area contributed by atoms with Gasteiger partial charge in [0.15, 0.2) is 0 Å². The second kappa shape index (κ2) is 9.91. The number of fused-ring (bicyclic) bond motifs is 1. The fraction of sp³-hybridized carbons (Fsp3) is 0.192. The molecule has 1 atom stereocenters. The molecule has 2 heterocycles. The van der Waals surface area contributed by atoms with Crippen molar-refractivity contribution in [1.82, 2.24) is 15.2 Å². The number of nitrogens with one attached hydrogen (secondary N) is 2. The maximum Gasteiger partial charge on any atom is 0.269 e. The highest BCUT2D eigenvalue weighted by Crippen LogP contribution is 2.35. The van der Waals surface area contributed by atoms with E-state index in [0.717, 1.165) is 11.1 Å². The molecule has 35 heavy (non-hydrogen) atoms. The van der Waals surface area contributed by atoms with Crippen molar-refractivity contribution in [3.63, 3.8) is 0 Å². The standard InChI is InChI=1S/C26H25N3O5S/c30-26(20-9-6-10-21(17-20)35(31,32)29-13-15-33-16-14-29)28-27-23-18-25(19-7-2-1-3-8-19)34-24-12-5-4-11-22(23)24/h1-12,17-18,25,27H,13-16H2,(H,28,30)/t25-/m1/s1. The Balaban J connectivity index is 1.35. The number of sulfonamides is 1. The van der Waals surface area contributed by atoms with Crippen molar-refractivity contribution in [3.8, 4) is 5.75 Å². The lowest BCUT2D eigenvalue weighted by Crippen LogP contribution is -2.40. The molecule has 0 saturated carbocycles. The number of hydrogen-bond acceptors (Lipinski definition) is 6. The van der Waals surface area contributed by atoms with Crippen molar-refractivity contribution in [2.75, 3.05) is 26.3 Å². The first-order valence-electron chi connectivity index (χ1n) is 11.3. The van der Waals surface area contributed by atoms with Gasteiger partial charge in [0.05, 0.1) is 23.8 Å². The zero-order valence-electron chi connectivity index (χ0n) is 18.9. The molecule has 0 aromatic heterocycles. The van der Waals surface area contributed by atoms with Crippen molar-refractivity contribution >= 4 is 21.6 Å². The number of para-hydroxylation sites is 1. The van der Waals surface area contributed by atoms with Gasteiger partial charge in [-0.05, 0) is 42.0 Å². The SMILES string of the molecule is O=C(NNC1=C[C@H](c2ccccc2)Oc2ccccc21)c1cccc(S(=O)(=O)N2CCOCC2)c1. The van der Waals surface area contributed by atoms with Gasteiger partial charge in [0.1, 0.15) is 11.9 Å². The Hall–Kier alpha value is -3.66. The van der Waals surface area contributed by atoms with Crippen molar-refractivity contribution in [3.05, 3.63) is 102 Å². The zero-order valence-corrected chi connectivity index (χ0v) is 19.7. The van der Waals surface area contributed by atoms with E-state index in [-0.39, 0.29) is 16.6 Å². The van der Waals surface area contributed by atoms with E-state index < -0.39 is 15.9 Å². The van der Waals surface area contributed by atoms with E-state index in [1.165, 1.54) is 16.4 Å².